The van der Waals surface area contributed by atoms with Gasteiger partial charge in [-0.15, -0.1) is 0 Å². The van der Waals surface area contributed by atoms with Crippen LogP contribution in [0.2, 0.25) is 0 Å². The molecule has 2 aromatic heterocycles. The number of rotatable bonds is 3. The number of anilines is 1. The SMILES string of the molecule is Cc1cnccc1CNc1cnn(C)c(=O)c1Br. The van der Waals surface area contributed by atoms with Crippen LogP contribution in [0.25, 0.3) is 0 Å². The van der Waals surface area contributed by atoms with Crippen LogP contribution in [-0.4, -0.2) is 14.8 Å². The average molecular weight is 309 g/mol. The lowest BCUT2D eigenvalue weighted by molar-refractivity contribution is 0.703. The summed E-state index contributed by atoms with van der Waals surface area (Å²) in [6.07, 6.45) is 5.19. The molecule has 0 unspecified atom stereocenters. The molecular weight excluding hydrogens is 296 g/mol. The molecule has 0 aliphatic heterocycles. The van der Waals surface area contributed by atoms with Crippen LogP contribution < -0.4 is 10.9 Å². The van der Waals surface area contributed by atoms with E-state index in [0.717, 1.165) is 11.1 Å². The monoisotopic (exact) mass is 308 g/mol. The topological polar surface area (TPSA) is 59.8 Å². The van der Waals surface area contributed by atoms with Crippen molar-refractivity contribution in [1.82, 2.24) is 14.8 Å². The summed E-state index contributed by atoms with van der Waals surface area (Å²) in [5.74, 6) is 0. The summed E-state index contributed by atoms with van der Waals surface area (Å²) in [6, 6.07) is 1.95. The first-order chi connectivity index (χ1) is 8.59. The highest BCUT2D eigenvalue weighted by Crippen LogP contribution is 2.17. The highest BCUT2D eigenvalue weighted by molar-refractivity contribution is 9.10. The summed E-state index contributed by atoms with van der Waals surface area (Å²) in [7, 11) is 1.61. The van der Waals surface area contributed by atoms with E-state index in [0.29, 0.717) is 16.7 Å². The lowest BCUT2D eigenvalue weighted by atomic mass is 10.1. The summed E-state index contributed by atoms with van der Waals surface area (Å²) in [5, 5.41) is 7.16. The second-order valence-electron chi connectivity index (χ2n) is 3.96. The Kier molecular flexibility index (Phi) is 3.76. The highest BCUT2D eigenvalue weighted by Gasteiger charge is 2.06. The molecule has 0 saturated carbocycles. The average Bonchev–Trinajstić information content (AvgIpc) is 2.37. The minimum Gasteiger partial charge on any atom is -0.379 e. The Hall–Kier alpha value is -1.69. The minimum atomic E-state index is -0.161. The first-order valence-electron chi connectivity index (χ1n) is 5.44. The predicted octanol–water partition coefficient (Wildman–Crippen LogP) is 1.86. The fourth-order valence-corrected chi connectivity index (χ4v) is 2.02. The maximum absolute atomic E-state index is 11.7. The normalized spacial score (nSPS) is 10.4. The van der Waals surface area contributed by atoms with E-state index in [1.54, 1.807) is 19.4 Å². The maximum atomic E-state index is 11.7. The van der Waals surface area contributed by atoms with E-state index >= 15 is 0 Å². The first-order valence-corrected chi connectivity index (χ1v) is 6.24. The van der Waals surface area contributed by atoms with Gasteiger partial charge in [-0.2, -0.15) is 5.10 Å². The largest absolute Gasteiger partial charge is 0.379 e. The van der Waals surface area contributed by atoms with E-state index in [2.05, 4.69) is 31.3 Å². The fraction of sp³-hybridized carbons (Fsp3) is 0.250. The zero-order chi connectivity index (χ0) is 13.1. The van der Waals surface area contributed by atoms with Gasteiger partial charge in [0.05, 0.1) is 11.9 Å². The molecule has 0 bridgehead atoms. The Balaban J connectivity index is 2.19. The van der Waals surface area contributed by atoms with Crippen molar-refractivity contribution in [2.75, 3.05) is 5.32 Å². The molecule has 0 saturated heterocycles. The van der Waals surface area contributed by atoms with Crippen LogP contribution in [0.5, 0.6) is 0 Å². The lowest BCUT2D eigenvalue weighted by Gasteiger charge is -2.10. The van der Waals surface area contributed by atoms with E-state index in [4.69, 9.17) is 0 Å². The number of hydrogen-bond donors (Lipinski definition) is 1. The minimum absolute atomic E-state index is 0.161. The number of aromatic nitrogens is 3. The van der Waals surface area contributed by atoms with Gasteiger partial charge in [0.15, 0.2) is 0 Å². The molecule has 0 amide bonds. The predicted molar refractivity (Wildman–Crippen MR) is 73.5 cm³/mol. The third-order valence-electron chi connectivity index (χ3n) is 2.68. The molecule has 1 N–H and O–H groups in total. The van der Waals surface area contributed by atoms with Crippen molar-refractivity contribution in [3.05, 3.63) is 50.6 Å². The van der Waals surface area contributed by atoms with Gasteiger partial charge in [-0.05, 0) is 40.0 Å². The molecule has 0 atom stereocenters. The van der Waals surface area contributed by atoms with E-state index in [-0.39, 0.29) is 5.56 Å². The Morgan fingerprint density at radius 3 is 2.94 bits per heavy atom. The molecule has 5 nitrogen and oxygen atoms in total. The van der Waals surface area contributed by atoms with Gasteiger partial charge in [0.1, 0.15) is 4.47 Å². The molecule has 0 aliphatic rings. The Bertz CT molecular complexity index is 624. The molecule has 2 heterocycles. The van der Waals surface area contributed by atoms with Gasteiger partial charge in [0.25, 0.3) is 5.56 Å². The van der Waals surface area contributed by atoms with E-state index in [9.17, 15) is 4.79 Å². The molecule has 2 rings (SSSR count). The molecule has 0 radical (unpaired) electrons. The van der Waals surface area contributed by atoms with Gasteiger partial charge in [-0.3, -0.25) is 9.78 Å². The number of hydrogen-bond acceptors (Lipinski definition) is 4. The van der Waals surface area contributed by atoms with Gasteiger partial charge in [0.2, 0.25) is 0 Å². The number of nitrogens with one attached hydrogen (secondary N) is 1. The van der Waals surface area contributed by atoms with Crippen molar-refractivity contribution in [3.63, 3.8) is 0 Å². The van der Waals surface area contributed by atoms with Crippen LogP contribution in [0.3, 0.4) is 0 Å². The van der Waals surface area contributed by atoms with E-state index < -0.39 is 0 Å². The highest BCUT2D eigenvalue weighted by atomic mass is 79.9. The Morgan fingerprint density at radius 1 is 1.44 bits per heavy atom. The van der Waals surface area contributed by atoms with Gasteiger partial charge < -0.3 is 5.32 Å². The standard InChI is InChI=1S/C12H13BrN4O/c1-8-5-14-4-3-9(8)6-15-10-7-16-17(2)12(18)11(10)13/h3-5,7,15H,6H2,1-2H3. The van der Waals surface area contributed by atoms with Crippen LogP contribution >= 0.6 is 15.9 Å². The van der Waals surface area contributed by atoms with Crippen molar-refractivity contribution in [3.8, 4) is 0 Å². The number of halogens is 1. The van der Waals surface area contributed by atoms with Gasteiger partial charge >= 0.3 is 0 Å². The van der Waals surface area contributed by atoms with Gasteiger partial charge in [0, 0.05) is 26.0 Å². The zero-order valence-corrected chi connectivity index (χ0v) is 11.7. The summed E-state index contributed by atoms with van der Waals surface area (Å²) in [6.45, 7) is 2.63. The fourth-order valence-electron chi connectivity index (χ4n) is 1.52. The maximum Gasteiger partial charge on any atom is 0.282 e. The molecule has 0 fully saturated rings. The third kappa shape index (κ3) is 2.59. The van der Waals surface area contributed by atoms with Crippen molar-refractivity contribution in [2.24, 2.45) is 7.05 Å². The summed E-state index contributed by atoms with van der Waals surface area (Å²) in [4.78, 5) is 15.7. The van der Waals surface area contributed by atoms with E-state index in [1.807, 2.05) is 19.2 Å². The molecule has 2 aromatic rings. The first kappa shape index (κ1) is 12.8. The van der Waals surface area contributed by atoms with Gasteiger partial charge in [-0.25, -0.2) is 4.68 Å². The molecule has 0 aromatic carbocycles. The second kappa shape index (κ2) is 5.30. The van der Waals surface area contributed by atoms with Crippen LogP contribution in [0.4, 0.5) is 5.69 Å². The number of pyridine rings is 1. The lowest BCUT2D eigenvalue weighted by Crippen LogP contribution is -2.21. The Morgan fingerprint density at radius 2 is 2.22 bits per heavy atom. The van der Waals surface area contributed by atoms with Crippen molar-refractivity contribution >= 4 is 21.6 Å². The van der Waals surface area contributed by atoms with Gasteiger partial charge in [-0.1, -0.05) is 0 Å². The second-order valence-corrected chi connectivity index (χ2v) is 4.75. The molecule has 0 aliphatic carbocycles. The molecular formula is C12H13BrN4O. The van der Waals surface area contributed by atoms with Crippen LogP contribution in [-0.2, 0) is 13.6 Å². The smallest absolute Gasteiger partial charge is 0.282 e. The quantitative estimate of drug-likeness (QED) is 0.940. The molecule has 0 spiro atoms. The summed E-state index contributed by atoms with van der Waals surface area (Å²) < 4.78 is 1.78. The van der Waals surface area contributed by atoms with Crippen LogP contribution in [0, 0.1) is 6.92 Å². The number of nitrogens with zero attached hydrogens (tertiary/aromatic N) is 3. The van der Waals surface area contributed by atoms with Crippen molar-refractivity contribution < 1.29 is 0 Å². The molecule has 18 heavy (non-hydrogen) atoms. The van der Waals surface area contributed by atoms with Crippen molar-refractivity contribution in [2.45, 2.75) is 13.5 Å². The molecule has 6 heteroatoms. The Labute approximate surface area is 113 Å². The van der Waals surface area contributed by atoms with E-state index in [1.165, 1.54) is 4.68 Å². The van der Waals surface area contributed by atoms with Crippen molar-refractivity contribution in [1.29, 1.82) is 0 Å². The third-order valence-corrected chi connectivity index (χ3v) is 3.45. The van der Waals surface area contributed by atoms with Crippen LogP contribution in [0.15, 0.2) is 33.9 Å². The number of aryl methyl sites for hydroxylation is 2. The van der Waals surface area contributed by atoms with Crippen LogP contribution in [0.1, 0.15) is 11.1 Å². The zero-order valence-electron chi connectivity index (χ0n) is 10.1. The summed E-state index contributed by atoms with van der Waals surface area (Å²) in [5.41, 5.74) is 2.77. The molecule has 94 valence electrons. The summed E-state index contributed by atoms with van der Waals surface area (Å²) >= 11 is 3.27.